The highest BCUT2D eigenvalue weighted by atomic mass is 79.9. The van der Waals surface area contributed by atoms with Crippen LogP contribution in [0.15, 0.2) is 16.6 Å². The maximum Gasteiger partial charge on any atom is 0.179 e. The summed E-state index contributed by atoms with van der Waals surface area (Å²) in [6.07, 6.45) is 2.37. The number of halogens is 2. The molecular weight excluding hydrogens is 285 g/mol. The van der Waals surface area contributed by atoms with Crippen molar-refractivity contribution in [2.24, 2.45) is 0 Å². The Balaban J connectivity index is 2.37. The fourth-order valence-corrected chi connectivity index (χ4v) is 3.04. The van der Waals surface area contributed by atoms with Gasteiger partial charge in [0, 0.05) is 21.8 Å². The average molecular weight is 296 g/mol. The lowest BCUT2D eigenvalue weighted by molar-refractivity contribution is 0.0968. The number of ketones is 1. The summed E-state index contributed by atoms with van der Waals surface area (Å²) < 4.78 is 13.8. The molecule has 2 aromatic rings. The molecule has 88 valence electrons. The second-order valence-electron chi connectivity index (χ2n) is 4.38. The zero-order valence-electron chi connectivity index (χ0n) is 9.15. The zero-order chi connectivity index (χ0) is 12.0. The number of hydrogen-bond acceptors (Lipinski definition) is 1. The molecular formula is C13H11BrFNO. The number of fused-ring (bicyclic) bond motifs is 3. The second kappa shape index (κ2) is 3.95. The molecule has 0 saturated carbocycles. The number of carbonyl (C=O) groups excluding carboxylic acids is 1. The van der Waals surface area contributed by atoms with Crippen molar-refractivity contribution in [2.45, 2.75) is 25.9 Å². The van der Waals surface area contributed by atoms with Gasteiger partial charge in [0.2, 0.25) is 0 Å². The van der Waals surface area contributed by atoms with Crippen molar-refractivity contribution in [3.8, 4) is 0 Å². The Hall–Kier alpha value is -1.16. The van der Waals surface area contributed by atoms with Gasteiger partial charge in [-0.05, 0) is 30.5 Å². The van der Waals surface area contributed by atoms with E-state index in [1.165, 1.54) is 0 Å². The van der Waals surface area contributed by atoms with Crippen LogP contribution in [0.5, 0.6) is 0 Å². The molecule has 0 atom stereocenters. The summed E-state index contributed by atoms with van der Waals surface area (Å²) in [6, 6.07) is 3.72. The molecule has 0 amide bonds. The van der Waals surface area contributed by atoms with Gasteiger partial charge in [-0.25, -0.2) is 4.39 Å². The predicted molar refractivity (Wildman–Crippen MR) is 68.1 cm³/mol. The van der Waals surface area contributed by atoms with Crippen molar-refractivity contribution in [1.82, 2.24) is 4.98 Å². The van der Waals surface area contributed by atoms with Crippen molar-refractivity contribution in [3.05, 3.63) is 33.4 Å². The van der Waals surface area contributed by atoms with E-state index in [1.807, 2.05) is 6.07 Å². The third kappa shape index (κ3) is 1.62. The van der Waals surface area contributed by atoms with E-state index in [2.05, 4.69) is 20.9 Å². The first-order valence-electron chi connectivity index (χ1n) is 5.63. The first-order chi connectivity index (χ1) is 8.20. The Morgan fingerprint density at radius 1 is 1.35 bits per heavy atom. The van der Waals surface area contributed by atoms with Crippen LogP contribution in [0.2, 0.25) is 0 Å². The number of aromatic nitrogens is 1. The number of aromatic amines is 1. The minimum atomic E-state index is -0.524. The SMILES string of the molecule is O=C1CCCc2c1[nH]c1c(CF)cc(Br)cc21. The summed E-state index contributed by atoms with van der Waals surface area (Å²) in [5.74, 6) is 0.142. The molecule has 1 aromatic heterocycles. The largest absolute Gasteiger partial charge is 0.352 e. The molecule has 0 aliphatic heterocycles. The molecule has 4 heteroatoms. The summed E-state index contributed by atoms with van der Waals surface area (Å²) in [5.41, 5.74) is 3.11. The Bertz CT molecular complexity index is 617. The van der Waals surface area contributed by atoms with Gasteiger partial charge < -0.3 is 4.98 Å². The minimum Gasteiger partial charge on any atom is -0.352 e. The summed E-state index contributed by atoms with van der Waals surface area (Å²) >= 11 is 3.39. The van der Waals surface area contributed by atoms with Gasteiger partial charge in [0.1, 0.15) is 6.67 Å². The van der Waals surface area contributed by atoms with Crippen molar-refractivity contribution in [3.63, 3.8) is 0 Å². The highest BCUT2D eigenvalue weighted by Crippen LogP contribution is 2.33. The van der Waals surface area contributed by atoms with E-state index in [-0.39, 0.29) is 5.78 Å². The minimum absolute atomic E-state index is 0.142. The van der Waals surface area contributed by atoms with E-state index in [1.54, 1.807) is 6.07 Å². The molecule has 1 aliphatic rings. The van der Waals surface area contributed by atoms with Crippen LogP contribution in [-0.4, -0.2) is 10.8 Å². The summed E-state index contributed by atoms with van der Waals surface area (Å²) in [5, 5.41) is 0.982. The van der Waals surface area contributed by atoms with Gasteiger partial charge in [0.05, 0.1) is 11.2 Å². The first kappa shape index (κ1) is 11.0. The Morgan fingerprint density at radius 2 is 2.18 bits per heavy atom. The lowest BCUT2D eigenvalue weighted by atomic mass is 9.94. The van der Waals surface area contributed by atoms with Crippen LogP contribution < -0.4 is 0 Å². The Labute approximate surface area is 106 Å². The molecule has 1 aromatic carbocycles. The van der Waals surface area contributed by atoms with Crippen LogP contribution in [0.4, 0.5) is 4.39 Å². The molecule has 1 heterocycles. The van der Waals surface area contributed by atoms with E-state index in [0.29, 0.717) is 17.7 Å². The standard InChI is InChI=1S/C13H11BrFNO/c14-8-4-7(6-15)12-10(5-8)9-2-1-3-11(17)13(9)16-12/h4-5,16H,1-3,6H2. The third-order valence-electron chi connectivity index (χ3n) is 3.32. The zero-order valence-corrected chi connectivity index (χ0v) is 10.7. The molecule has 0 fully saturated rings. The number of carbonyl (C=O) groups is 1. The molecule has 2 nitrogen and oxygen atoms in total. The smallest absolute Gasteiger partial charge is 0.179 e. The molecule has 1 aliphatic carbocycles. The average Bonchev–Trinajstić information content (AvgIpc) is 2.68. The van der Waals surface area contributed by atoms with Gasteiger partial charge in [-0.1, -0.05) is 15.9 Å². The van der Waals surface area contributed by atoms with Gasteiger partial charge in [-0.2, -0.15) is 0 Å². The maximum atomic E-state index is 13.0. The van der Waals surface area contributed by atoms with Crippen LogP contribution >= 0.6 is 15.9 Å². The van der Waals surface area contributed by atoms with Crippen molar-refractivity contribution in [1.29, 1.82) is 0 Å². The molecule has 1 N–H and O–H groups in total. The Morgan fingerprint density at radius 3 is 2.94 bits per heavy atom. The normalized spacial score (nSPS) is 15.3. The fraction of sp³-hybridized carbons (Fsp3) is 0.308. The Kier molecular flexibility index (Phi) is 2.54. The van der Waals surface area contributed by atoms with Crippen LogP contribution in [0, 0.1) is 0 Å². The number of alkyl halides is 1. The molecule has 0 saturated heterocycles. The van der Waals surface area contributed by atoms with E-state index in [0.717, 1.165) is 33.8 Å². The highest BCUT2D eigenvalue weighted by Gasteiger charge is 2.23. The van der Waals surface area contributed by atoms with Gasteiger partial charge in [0.15, 0.2) is 5.78 Å². The number of hydrogen-bond donors (Lipinski definition) is 1. The van der Waals surface area contributed by atoms with E-state index in [4.69, 9.17) is 0 Å². The number of nitrogens with one attached hydrogen (secondary N) is 1. The molecule has 0 radical (unpaired) electrons. The van der Waals surface area contributed by atoms with E-state index >= 15 is 0 Å². The van der Waals surface area contributed by atoms with Gasteiger partial charge >= 0.3 is 0 Å². The maximum absolute atomic E-state index is 13.0. The number of benzene rings is 1. The molecule has 3 rings (SSSR count). The number of H-pyrrole nitrogens is 1. The predicted octanol–water partition coefficient (Wildman–Crippen LogP) is 3.92. The van der Waals surface area contributed by atoms with Crippen LogP contribution in [-0.2, 0) is 13.1 Å². The van der Waals surface area contributed by atoms with Crippen LogP contribution in [0.25, 0.3) is 10.9 Å². The molecule has 17 heavy (non-hydrogen) atoms. The highest BCUT2D eigenvalue weighted by molar-refractivity contribution is 9.10. The fourth-order valence-electron chi connectivity index (χ4n) is 2.54. The first-order valence-corrected chi connectivity index (χ1v) is 6.42. The van der Waals surface area contributed by atoms with E-state index < -0.39 is 6.67 Å². The van der Waals surface area contributed by atoms with E-state index in [9.17, 15) is 9.18 Å². The number of Topliss-reactive ketones (excluding diaryl/α,β-unsaturated/α-hetero) is 1. The lowest BCUT2D eigenvalue weighted by Crippen LogP contribution is -2.09. The van der Waals surface area contributed by atoms with Crippen molar-refractivity contribution >= 4 is 32.6 Å². The molecule has 0 bridgehead atoms. The monoisotopic (exact) mass is 295 g/mol. The van der Waals surface area contributed by atoms with Gasteiger partial charge in [-0.15, -0.1) is 0 Å². The van der Waals surface area contributed by atoms with Crippen molar-refractivity contribution < 1.29 is 9.18 Å². The lowest BCUT2D eigenvalue weighted by Gasteiger charge is -2.09. The number of rotatable bonds is 1. The van der Waals surface area contributed by atoms with Gasteiger partial charge in [0.25, 0.3) is 0 Å². The second-order valence-corrected chi connectivity index (χ2v) is 5.29. The summed E-state index contributed by atoms with van der Waals surface area (Å²) in [6.45, 7) is -0.524. The molecule has 0 unspecified atom stereocenters. The topological polar surface area (TPSA) is 32.9 Å². The van der Waals surface area contributed by atoms with Crippen LogP contribution in [0.3, 0.4) is 0 Å². The third-order valence-corrected chi connectivity index (χ3v) is 3.77. The number of aryl methyl sites for hydroxylation is 1. The quantitative estimate of drug-likeness (QED) is 0.850. The molecule has 0 spiro atoms. The van der Waals surface area contributed by atoms with Crippen LogP contribution in [0.1, 0.15) is 34.5 Å². The van der Waals surface area contributed by atoms with Gasteiger partial charge in [-0.3, -0.25) is 4.79 Å². The summed E-state index contributed by atoms with van der Waals surface area (Å²) in [4.78, 5) is 14.9. The van der Waals surface area contributed by atoms with Crippen molar-refractivity contribution in [2.75, 3.05) is 0 Å². The summed E-state index contributed by atoms with van der Waals surface area (Å²) in [7, 11) is 0.